The van der Waals surface area contributed by atoms with Crippen LogP contribution in [0.25, 0.3) is 0 Å². The number of sulfonamides is 1. The molecule has 14 heteroatoms. The maximum Gasteiger partial charge on any atom is 0.316 e. The number of amides is 1. The van der Waals surface area contributed by atoms with E-state index < -0.39 is 28.4 Å². The van der Waals surface area contributed by atoms with Gasteiger partial charge in [0.1, 0.15) is 6.54 Å². The van der Waals surface area contributed by atoms with Gasteiger partial charge in [-0.05, 0) is 30.3 Å². The van der Waals surface area contributed by atoms with Crippen molar-refractivity contribution in [2.24, 2.45) is 0 Å². The molecule has 3 aromatic rings. The minimum atomic E-state index is -4.10. The lowest BCUT2D eigenvalue weighted by Crippen LogP contribution is -2.38. The van der Waals surface area contributed by atoms with Crippen molar-refractivity contribution in [3.8, 4) is 0 Å². The second-order valence-corrected chi connectivity index (χ2v) is 11.1. The van der Waals surface area contributed by atoms with Gasteiger partial charge in [-0.25, -0.2) is 8.42 Å². The van der Waals surface area contributed by atoms with Crippen LogP contribution in [-0.2, 0) is 24.3 Å². The van der Waals surface area contributed by atoms with E-state index in [0.29, 0.717) is 4.34 Å². The molecule has 9 nitrogen and oxygen atoms in total. The summed E-state index contributed by atoms with van der Waals surface area (Å²) in [5.41, 5.74) is 0.162. The van der Waals surface area contributed by atoms with Crippen molar-refractivity contribution in [1.29, 1.82) is 0 Å². The average Bonchev–Trinajstić information content (AvgIpc) is 3.25. The van der Waals surface area contributed by atoms with Crippen LogP contribution in [0.2, 0.25) is 10.0 Å². The molecule has 0 atom stereocenters. The predicted octanol–water partition coefficient (Wildman–Crippen LogP) is 3.94. The molecule has 1 N–H and O–H groups in total. The van der Waals surface area contributed by atoms with Crippen molar-refractivity contribution in [2.75, 3.05) is 29.0 Å². The minimum Gasteiger partial charge on any atom is -0.468 e. The lowest BCUT2D eigenvalue weighted by atomic mass is 10.3. The molecular formula is C19H16Cl2N4O5S3. The van der Waals surface area contributed by atoms with E-state index in [4.69, 9.17) is 23.2 Å². The third kappa shape index (κ3) is 6.58. The first-order valence-corrected chi connectivity index (χ1v) is 13.1. The Morgan fingerprint density at radius 1 is 1.12 bits per heavy atom. The summed E-state index contributed by atoms with van der Waals surface area (Å²) in [7, 11) is -2.83. The zero-order chi connectivity index (χ0) is 24.0. The quantitative estimate of drug-likeness (QED) is 0.243. The van der Waals surface area contributed by atoms with Crippen molar-refractivity contribution in [2.45, 2.75) is 9.24 Å². The molecule has 0 unspecified atom stereocenters. The molecule has 1 amide bonds. The number of ether oxygens (including phenoxy) is 1. The number of hydrogen-bond acceptors (Lipinski definition) is 9. The van der Waals surface area contributed by atoms with Gasteiger partial charge in [0.15, 0.2) is 4.34 Å². The maximum atomic E-state index is 13.3. The Labute approximate surface area is 208 Å². The Morgan fingerprint density at radius 3 is 2.52 bits per heavy atom. The van der Waals surface area contributed by atoms with E-state index in [1.807, 2.05) is 0 Å². The summed E-state index contributed by atoms with van der Waals surface area (Å²) in [6.07, 6.45) is 0. The van der Waals surface area contributed by atoms with Crippen molar-refractivity contribution in [3.63, 3.8) is 0 Å². The van der Waals surface area contributed by atoms with Crippen molar-refractivity contribution in [3.05, 3.63) is 58.6 Å². The molecule has 0 aliphatic heterocycles. The van der Waals surface area contributed by atoms with Crippen molar-refractivity contribution in [1.82, 2.24) is 10.2 Å². The molecule has 0 saturated carbocycles. The van der Waals surface area contributed by atoms with E-state index >= 15 is 0 Å². The summed E-state index contributed by atoms with van der Waals surface area (Å²) in [4.78, 5) is 24.0. The smallest absolute Gasteiger partial charge is 0.316 e. The van der Waals surface area contributed by atoms with Gasteiger partial charge in [0, 0.05) is 0 Å². The van der Waals surface area contributed by atoms with E-state index in [0.717, 1.165) is 27.4 Å². The number of halogens is 2. The normalized spacial score (nSPS) is 11.1. The summed E-state index contributed by atoms with van der Waals surface area (Å²) in [6.45, 7) is -0.556. The Hall–Kier alpha value is -2.38. The fourth-order valence-electron chi connectivity index (χ4n) is 2.46. The third-order valence-corrected chi connectivity index (χ3v) is 8.48. The molecular weight excluding hydrogens is 531 g/mol. The highest BCUT2D eigenvalue weighted by Gasteiger charge is 2.28. The van der Waals surface area contributed by atoms with Gasteiger partial charge in [-0.1, -0.05) is 64.5 Å². The molecule has 174 valence electrons. The standard InChI is InChI=1S/C19H16Cl2N4O5S3/c1-30-17(27)11-31-19-24-23-18(32-19)22-16(26)10-25(12-7-8-14(20)15(21)9-12)33(28,29)13-5-3-2-4-6-13/h2-9H,10-11H2,1H3,(H,22,23,26). The van der Waals surface area contributed by atoms with Crippen molar-refractivity contribution >= 4 is 79.0 Å². The van der Waals surface area contributed by atoms with E-state index in [-0.39, 0.29) is 31.5 Å². The lowest BCUT2D eigenvalue weighted by Gasteiger charge is -2.24. The van der Waals surface area contributed by atoms with Gasteiger partial charge < -0.3 is 4.74 Å². The molecule has 0 fully saturated rings. The Kier molecular flexibility index (Phi) is 8.54. The summed E-state index contributed by atoms with van der Waals surface area (Å²) >= 11 is 14.2. The highest BCUT2D eigenvalue weighted by molar-refractivity contribution is 8.01. The number of rotatable bonds is 9. The van der Waals surface area contributed by atoms with Gasteiger partial charge >= 0.3 is 5.97 Å². The highest BCUT2D eigenvalue weighted by atomic mass is 35.5. The zero-order valence-corrected chi connectivity index (χ0v) is 20.9. The average molecular weight is 547 g/mol. The summed E-state index contributed by atoms with van der Waals surface area (Å²) in [5.74, 6) is -1.04. The fourth-order valence-corrected chi connectivity index (χ4v) is 5.79. The number of nitrogens with one attached hydrogen (secondary N) is 1. The number of anilines is 2. The lowest BCUT2D eigenvalue weighted by molar-refractivity contribution is -0.137. The van der Waals surface area contributed by atoms with Gasteiger partial charge in [0.05, 0.1) is 33.5 Å². The molecule has 0 saturated heterocycles. The Bertz CT molecular complexity index is 1260. The van der Waals surface area contributed by atoms with Gasteiger partial charge in [-0.3, -0.25) is 19.2 Å². The fraction of sp³-hybridized carbons (Fsp3) is 0.158. The number of benzene rings is 2. The first-order valence-electron chi connectivity index (χ1n) is 9.06. The summed E-state index contributed by atoms with van der Waals surface area (Å²) < 4.78 is 32.5. The topological polar surface area (TPSA) is 119 Å². The van der Waals surface area contributed by atoms with Gasteiger partial charge in [0.25, 0.3) is 10.0 Å². The molecule has 2 aromatic carbocycles. The molecule has 0 spiro atoms. The molecule has 0 radical (unpaired) electrons. The second kappa shape index (κ2) is 11.2. The number of hydrogen-bond donors (Lipinski definition) is 1. The van der Waals surface area contributed by atoms with Crippen LogP contribution in [0.1, 0.15) is 0 Å². The van der Waals surface area contributed by atoms with E-state index in [2.05, 4.69) is 20.3 Å². The highest BCUT2D eigenvalue weighted by Crippen LogP contribution is 2.31. The maximum absolute atomic E-state index is 13.3. The van der Waals surface area contributed by atoms with Crippen LogP contribution in [0.4, 0.5) is 10.8 Å². The van der Waals surface area contributed by atoms with E-state index in [9.17, 15) is 18.0 Å². The third-order valence-electron chi connectivity index (χ3n) is 4.00. The number of carbonyl (C=O) groups is 2. The molecule has 3 rings (SSSR count). The SMILES string of the molecule is COC(=O)CSc1nnc(NC(=O)CN(c2ccc(Cl)c(Cl)c2)S(=O)(=O)c2ccccc2)s1. The largest absolute Gasteiger partial charge is 0.468 e. The van der Waals surface area contributed by atoms with Crippen LogP contribution < -0.4 is 9.62 Å². The second-order valence-electron chi connectivity index (χ2n) is 6.21. The van der Waals surface area contributed by atoms with Crippen LogP contribution in [0, 0.1) is 0 Å². The van der Waals surface area contributed by atoms with E-state index in [1.165, 1.54) is 37.4 Å². The molecule has 0 aliphatic carbocycles. The molecule has 33 heavy (non-hydrogen) atoms. The Balaban J connectivity index is 1.82. The summed E-state index contributed by atoms with van der Waals surface area (Å²) in [5, 5.41) is 10.8. The number of aromatic nitrogens is 2. The number of carbonyl (C=O) groups excluding carboxylic acids is 2. The number of esters is 1. The van der Waals surface area contributed by atoms with Gasteiger partial charge in [-0.2, -0.15) is 0 Å². The van der Waals surface area contributed by atoms with Gasteiger partial charge in [0.2, 0.25) is 11.0 Å². The van der Waals surface area contributed by atoms with Crippen LogP contribution in [-0.4, -0.2) is 49.9 Å². The monoisotopic (exact) mass is 546 g/mol. The van der Waals surface area contributed by atoms with Gasteiger partial charge in [-0.15, -0.1) is 10.2 Å². The van der Waals surface area contributed by atoms with Crippen molar-refractivity contribution < 1.29 is 22.7 Å². The van der Waals surface area contributed by atoms with Crippen LogP contribution in [0.3, 0.4) is 0 Å². The molecule has 0 bridgehead atoms. The zero-order valence-electron chi connectivity index (χ0n) is 16.9. The molecule has 1 aromatic heterocycles. The number of thioether (sulfide) groups is 1. The van der Waals surface area contributed by atoms with Crippen LogP contribution >= 0.6 is 46.3 Å². The predicted molar refractivity (Wildman–Crippen MR) is 129 cm³/mol. The first kappa shape index (κ1) is 25.2. The van der Waals surface area contributed by atoms with Crippen LogP contribution in [0.5, 0.6) is 0 Å². The number of methoxy groups -OCH3 is 1. The Morgan fingerprint density at radius 2 is 1.85 bits per heavy atom. The minimum absolute atomic E-state index is 0.00119. The molecule has 1 heterocycles. The first-order chi connectivity index (χ1) is 15.7. The summed E-state index contributed by atoms with van der Waals surface area (Å²) in [6, 6.07) is 11.9. The van der Waals surface area contributed by atoms with Crippen LogP contribution in [0.15, 0.2) is 57.8 Å². The van der Waals surface area contributed by atoms with E-state index in [1.54, 1.807) is 18.2 Å². The molecule has 0 aliphatic rings. The number of nitrogens with zero attached hydrogens (tertiary/aromatic N) is 3.